The Morgan fingerprint density at radius 1 is 1.45 bits per heavy atom. The molecule has 2 aromatic heterocycles. The van der Waals surface area contributed by atoms with E-state index in [4.69, 9.17) is 16.0 Å². The van der Waals surface area contributed by atoms with E-state index < -0.39 is 0 Å². The Morgan fingerprint density at radius 3 is 3.05 bits per heavy atom. The van der Waals surface area contributed by atoms with Crippen LogP contribution < -0.4 is 5.32 Å². The number of rotatable bonds is 3. The number of fused-ring (bicyclic) bond motifs is 1. The molecule has 3 rings (SSSR count). The summed E-state index contributed by atoms with van der Waals surface area (Å²) in [6.07, 6.45) is 1.57. The van der Waals surface area contributed by atoms with E-state index in [1.165, 1.54) is 0 Å². The van der Waals surface area contributed by atoms with Gasteiger partial charge in [0.1, 0.15) is 5.76 Å². The molecule has 1 amide bonds. The molecule has 1 N–H and O–H groups in total. The first-order chi connectivity index (χ1) is 9.65. The van der Waals surface area contributed by atoms with Gasteiger partial charge in [-0.15, -0.1) is 0 Å². The lowest BCUT2D eigenvalue weighted by Gasteiger charge is -2.03. The predicted octanol–water partition coefficient (Wildman–Crippen LogP) is 2.75. The average molecular weight is 290 g/mol. The number of hydrogen-bond donors (Lipinski definition) is 1. The normalized spacial score (nSPS) is 10.9. The number of imidazole rings is 1. The van der Waals surface area contributed by atoms with Crippen molar-refractivity contribution < 1.29 is 9.21 Å². The quantitative estimate of drug-likeness (QED) is 0.806. The molecule has 102 valence electrons. The Morgan fingerprint density at radius 2 is 2.30 bits per heavy atom. The highest BCUT2D eigenvalue weighted by atomic mass is 35.5. The van der Waals surface area contributed by atoms with Crippen molar-refractivity contribution >= 4 is 28.5 Å². The maximum Gasteiger partial charge on any atom is 0.251 e. The number of benzene rings is 1. The van der Waals surface area contributed by atoms with E-state index in [9.17, 15) is 4.79 Å². The van der Waals surface area contributed by atoms with Crippen LogP contribution in [0.15, 0.2) is 41.0 Å². The first-order valence-electron chi connectivity index (χ1n) is 6.08. The number of aromatic nitrogens is 2. The van der Waals surface area contributed by atoms with E-state index in [1.807, 2.05) is 19.2 Å². The van der Waals surface area contributed by atoms with E-state index in [1.54, 1.807) is 29.0 Å². The minimum absolute atomic E-state index is 0.176. The molecular weight excluding hydrogens is 278 g/mol. The lowest BCUT2D eigenvalue weighted by molar-refractivity contribution is 0.0948. The average Bonchev–Trinajstić information content (AvgIpc) is 3.05. The highest BCUT2D eigenvalue weighted by Gasteiger charge is 2.10. The summed E-state index contributed by atoms with van der Waals surface area (Å²) in [5, 5.41) is 3.18. The molecule has 0 atom stereocenters. The van der Waals surface area contributed by atoms with Crippen molar-refractivity contribution in [1.82, 2.24) is 14.9 Å². The van der Waals surface area contributed by atoms with Gasteiger partial charge in [-0.2, -0.15) is 0 Å². The molecule has 0 bridgehead atoms. The van der Waals surface area contributed by atoms with Gasteiger partial charge >= 0.3 is 0 Å². The number of amides is 1. The second kappa shape index (κ2) is 5.02. The zero-order chi connectivity index (χ0) is 14.1. The number of nitrogens with zero attached hydrogens (tertiary/aromatic N) is 2. The lowest BCUT2D eigenvalue weighted by Crippen LogP contribution is -2.22. The second-order valence-electron chi connectivity index (χ2n) is 4.41. The van der Waals surface area contributed by atoms with Crippen LogP contribution in [0.5, 0.6) is 0 Å². The molecule has 0 radical (unpaired) electrons. The molecule has 0 aliphatic carbocycles. The van der Waals surface area contributed by atoms with Crippen molar-refractivity contribution in [3.63, 3.8) is 0 Å². The molecule has 0 saturated carbocycles. The third-order valence-corrected chi connectivity index (χ3v) is 3.43. The van der Waals surface area contributed by atoms with Crippen molar-refractivity contribution in [3.8, 4) is 0 Å². The van der Waals surface area contributed by atoms with E-state index in [-0.39, 0.29) is 5.91 Å². The Labute approximate surface area is 120 Å². The van der Waals surface area contributed by atoms with Crippen LogP contribution in [0.4, 0.5) is 0 Å². The van der Waals surface area contributed by atoms with Gasteiger partial charge in [0.2, 0.25) is 5.28 Å². The van der Waals surface area contributed by atoms with Crippen molar-refractivity contribution in [3.05, 3.63) is 53.2 Å². The summed E-state index contributed by atoms with van der Waals surface area (Å²) in [4.78, 5) is 16.3. The smallest absolute Gasteiger partial charge is 0.251 e. The second-order valence-corrected chi connectivity index (χ2v) is 4.74. The SMILES string of the molecule is Cn1c(Cl)nc2cc(C(=O)NCc3ccco3)ccc21. The fourth-order valence-corrected chi connectivity index (χ4v) is 2.18. The zero-order valence-corrected chi connectivity index (χ0v) is 11.5. The minimum atomic E-state index is -0.176. The Kier molecular flexibility index (Phi) is 3.20. The van der Waals surface area contributed by atoms with E-state index in [2.05, 4.69) is 10.3 Å². The van der Waals surface area contributed by atoms with Gasteiger partial charge in [0.05, 0.1) is 23.8 Å². The molecule has 0 unspecified atom stereocenters. The first-order valence-corrected chi connectivity index (χ1v) is 6.45. The molecule has 1 aromatic carbocycles. The Balaban J connectivity index is 1.81. The third kappa shape index (κ3) is 2.28. The highest BCUT2D eigenvalue weighted by Crippen LogP contribution is 2.19. The molecule has 20 heavy (non-hydrogen) atoms. The molecule has 3 aromatic rings. The van der Waals surface area contributed by atoms with Gasteiger partial charge in [0, 0.05) is 12.6 Å². The van der Waals surface area contributed by atoms with Crippen LogP contribution in [0.1, 0.15) is 16.1 Å². The predicted molar refractivity (Wildman–Crippen MR) is 75.6 cm³/mol. The van der Waals surface area contributed by atoms with Crippen LogP contribution in [-0.2, 0) is 13.6 Å². The van der Waals surface area contributed by atoms with Gasteiger partial charge in [-0.1, -0.05) is 0 Å². The van der Waals surface area contributed by atoms with Gasteiger partial charge in [-0.05, 0) is 41.9 Å². The summed E-state index contributed by atoms with van der Waals surface area (Å²) in [5.41, 5.74) is 2.12. The van der Waals surface area contributed by atoms with Gasteiger partial charge < -0.3 is 14.3 Å². The number of aryl methyl sites for hydroxylation is 1. The van der Waals surface area contributed by atoms with E-state index in [0.717, 1.165) is 5.52 Å². The van der Waals surface area contributed by atoms with Gasteiger partial charge in [0.15, 0.2) is 0 Å². The van der Waals surface area contributed by atoms with Crippen molar-refractivity contribution in [2.24, 2.45) is 7.05 Å². The summed E-state index contributed by atoms with van der Waals surface area (Å²) in [6.45, 7) is 0.354. The topological polar surface area (TPSA) is 60.1 Å². The summed E-state index contributed by atoms with van der Waals surface area (Å²) in [6, 6.07) is 8.89. The fourth-order valence-electron chi connectivity index (χ4n) is 1.99. The molecule has 0 aliphatic heterocycles. The monoisotopic (exact) mass is 289 g/mol. The van der Waals surface area contributed by atoms with Crippen LogP contribution >= 0.6 is 11.6 Å². The molecule has 0 aliphatic rings. The maximum absolute atomic E-state index is 12.1. The van der Waals surface area contributed by atoms with Crippen LogP contribution in [0.25, 0.3) is 11.0 Å². The number of carbonyl (C=O) groups excluding carboxylic acids is 1. The zero-order valence-electron chi connectivity index (χ0n) is 10.8. The number of hydrogen-bond acceptors (Lipinski definition) is 3. The Bertz CT molecular complexity index is 762. The third-order valence-electron chi connectivity index (χ3n) is 3.09. The molecule has 0 fully saturated rings. The molecule has 5 nitrogen and oxygen atoms in total. The standard InChI is InChI=1S/C14H12ClN3O2/c1-18-12-5-4-9(7-11(12)17-14(18)15)13(19)16-8-10-3-2-6-20-10/h2-7H,8H2,1H3,(H,16,19). The minimum Gasteiger partial charge on any atom is -0.467 e. The van der Waals surface area contributed by atoms with Crippen LogP contribution in [0, 0.1) is 0 Å². The van der Waals surface area contributed by atoms with Crippen LogP contribution in [-0.4, -0.2) is 15.5 Å². The van der Waals surface area contributed by atoms with Crippen LogP contribution in [0.2, 0.25) is 5.28 Å². The highest BCUT2D eigenvalue weighted by molar-refractivity contribution is 6.29. The lowest BCUT2D eigenvalue weighted by atomic mass is 10.2. The molecular formula is C14H12ClN3O2. The summed E-state index contributed by atoms with van der Waals surface area (Å²) in [5.74, 6) is 0.533. The first kappa shape index (κ1) is 12.7. The molecule has 6 heteroatoms. The van der Waals surface area contributed by atoms with Crippen LogP contribution in [0.3, 0.4) is 0 Å². The summed E-state index contributed by atoms with van der Waals surface area (Å²) >= 11 is 5.95. The van der Waals surface area contributed by atoms with Crippen molar-refractivity contribution in [2.45, 2.75) is 6.54 Å². The number of halogens is 1. The van der Waals surface area contributed by atoms with Gasteiger partial charge in [-0.25, -0.2) is 4.98 Å². The number of carbonyl (C=O) groups is 1. The molecule has 0 saturated heterocycles. The number of furan rings is 1. The fraction of sp³-hybridized carbons (Fsp3) is 0.143. The molecule has 0 spiro atoms. The molecule has 2 heterocycles. The summed E-state index contributed by atoms with van der Waals surface area (Å²) in [7, 11) is 1.83. The largest absolute Gasteiger partial charge is 0.467 e. The van der Waals surface area contributed by atoms with Crippen molar-refractivity contribution in [1.29, 1.82) is 0 Å². The summed E-state index contributed by atoms with van der Waals surface area (Å²) < 4.78 is 6.93. The van der Waals surface area contributed by atoms with E-state index in [0.29, 0.717) is 28.7 Å². The Hall–Kier alpha value is -2.27. The van der Waals surface area contributed by atoms with Gasteiger partial charge in [0.25, 0.3) is 5.91 Å². The van der Waals surface area contributed by atoms with Crippen molar-refractivity contribution in [2.75, 3.05) is 0 Å². The maximum atomic E-state index is 12.1. The number of nitrogens with one attached hydrogen (secondary N) is 1. The van der Waals surface area contributed by atoms with Gasteiger partial charge in [-0.3, -0.25) is 4.79 Å². The van der Waals surface area contributed by atoms with E-state index >= 15 is 0 Å².